The Kier molecular flexibility index (Phi) is 8.16. The highest BCUT2D eigenvalue weighted by Gasteiger charge is 2.12. The first kappa shape index (κ1) is 19.0. The molecule has 1 amide bonds. The number of carbonyl (C=O) groups is 1. The second-order valence-corrected chi connectivity index (χ2v) is 5.18. The summed E-state index contributed by atoms with van der Waals surface area (Å²) < 4.78 is 5.70. The van der Waals surface area contributed by atoms with E-state index in [1.807, 2.05) is 61.5 Å². The van der Waals surface area contributed by atoms with Gasteiger partial charge in [0.1, 0.15) is 12.4 Å². The third kappa shape index (κ3) is 6.30. The van der Waals surface area contributed by atoms with Crippen molar-refractivity contribution in [2.45, 2.75) is 32.4 Å². The zero-order valence-electron chi connectivity index (χ0n) is 13.2. The molecule has 1 atom stereocenters. The summed E-state index contributed by atoms with van der Waals surface area (Å²) in [6.07, 6.45) is 1.57. The second kappa shape index (κ2) is 9.87. The van der Waals surface area contributed by atoms with E-state index in [2.05, 4.69) is 5.32 Å². The lowest BCUT2D eigenvalue weighted by Gasteiger charge is -2.12. The van der Waals surface area contributed by atoms with Gasteiger partial charge in [-0.25, -0.2) is 0 Å². The number of hydrogen-bond acceptors (Lipinski definition) is 3. The molecule has 0 heterocycles. The van der Waals surface area contributed by atoms with Gasteiger partial charge in [-0.3, -0.25) is 4.79 Å². The molecule has 0 fully saturated rings. The average molecular weight is 335 g/mol. The Morgan fingerprint density at radius 3 is 2.39 bits per heavy atom. The van der Waals surface area contributed by atoms with Gasteiger partial charge in [-0.15, -0.1) is 12.4 Å². The topological polar surface area (TPSA) is 64.4 Å². The summed E-state index contributed by atoms with van der Waals surface area (Å²) in [6, 6.07) is 16.8. The smallest absolute Gasteiger partial charge is 0.241 e. The van der Waals surface area contributed by atoms with E-state index in [4.69, 9.17) is 10.5 Å². The molecule has 0 saturated heterocycles. The van der Waals surface area contributed by atoms with Crippen LogP contribution in [0.4, 0.5) is 5.69 Å². The van der Waals surface area contributed by atoms with Crippen LogP contribution in [0.5, 0.6) is 5.75 Å². The molecule has 124 valence electrons. The highest BCUT2D eigenvalue weighted by molar-refractivity contribution is 5.94. The number of hydrogen-bond donors (Lipinski definition) is 2. The molecule has 0 saturated carbocycles. The van der Waals surface area contributed by atoms with E-state index in [-0.39, 0.29) is 18.3 Å². The summed E-state index contributed by atoms with van der Waals surface area (Å²) in [5, 5.41) is 2.81. The lowest BCUT2D eigenvalue weighted by molar-refractivity contribution is -0.117. The Morgan fingerprint density at radius 1 is 1.13 bits per heavy atom. The van der Waals surface area contributed by atoms with Crippen molar-refractivity contribution < 1.29 is 9.53 Å². The number of ether oxygens (including phenoxy) is 1. The number of nitrogens with one attached hydrogen (secondary N) is 1. The summed E-state index contributed by atoms with van der Waals surface area (Å²) in [5.74, 6) is 0.611. The molecule has 0 aliphatic heterocycles. The van der Waals surface area contributed by atoms with Crippen LogP contribution in [-0.4, -0.2) is 11.9 Å². The molecule has 0 spiro atoms. The van der Waals surface area contributed by atoms with Crippen LogP contribution in [0.25, 0.3) is 0 Å². The molecular weight excluding hydrogens is 312 g/mol. The monoisotopic (exact) mass is 334 g/mol. The number of amides is 1. The number of benzene rings is 2. The van der Waals surface area contributed by atoms with Crippen LogP contribution in [0.15, 0.2) is 54.6 Å². The predicted molar refractivity (Wildman–Crippen MR) is 96.0 cm³/mol. The third-order valence-electron chi connectivity index (χ3n) is 3.31. The fourth-order valence-electron chi connectivity index (χ4n) is 2.05. The molecule has 2 rings (SSSR count). The fourth-order valence-corrected chi connectivity index (χ4v) is 2.05. The average Bonchev–Trinajstić information content (AvgIpc) is 2.55. The maximum absolute atomic E-state index is 11.8. The lowest BCUT2D eigenvalue weighted by atomic mass is 10.1. The molecule has 23 heavy (non-hydrogen) atoms. The van der Waals surface area contributed by atoms with E-state index in [0.29, 0.717) is 13.0 Å². The summed E-state index contributed by atoms with van der Waals surface area (Å²) in [5.41, 5.74) is 7.62. The van der Waals surface area contributed by atoms with Gasteiger partial charge in [0, 0.05) is 5.69 Å². The quantitative estimate of drug-likeness (QED) is 0.810. The number of halogens is 1. The van der Waals surface area contributed by atoms with Crippen LogP contribution < -0.4 is 15.8 Å². The van der Waals surface area contributed by atoms with Crippen LogP contribution >= 0.6 is 12.4 Å². The standard InChI is InChI=1S/C18H22N2O2.ClH/c1-2-6-17(19)18(21)20-15-9-11-16(12-10-15)22-13-14-7-4-3-5-8-14;/h3-5,7-12,17H,2,6,13,19H2,1H3,(H,20,21);1H. The molecule has 0 aliphatic rings. The molecular formula is C18H23ClN2O2. The van der Waals surface area contributed by atoms with Crippen molar-refractivity contribution in [1.29, 1.82) is 0 Å². The van der Waals surface area contributed by atoms with Crippen molar-refractivity contribution in [2.75, 3.05) is 5.32 Å². The first-order chi connectivity index (χ1) is 10.7. The molecule has 0 aromatic heterocycles. The van der Waals surface area contributed by atoms with Crippen molar-refractivity contribution in [3.63, 3.8) is 0 Å². The summed E-state index contributed by atoms with van der Waals surface area (Å²) in [6.45, 7) is 2.53. The van der Waals surface area contributed by atoms with Gasteiger partial charge in [0.25, 0.3) is 0 Å². The molecule has 4 nitrogen and oxygen atoms in total. The summed E-state index contributed by atoms with van der Waals surface area (Å²) in [7, 11) is 0. The Labute approximate surface area is 143 Å². The predicted octanol–water partition coefficient (Wildman–Crippen LogP) is 3.75. The number of nitrogens with two attached hydrogens (primary N) is 1. The Morgan fingerprint density at radius 2 is 1.78 bits per heavy atom. The van der Waals surface area contributed by atoms with Crippen molar-refractivity contribution in [3.05, 3.63) is 60.2 Å². The molecule has 2 aromatic carbocycles. The fraction of sp³-hybridized carbons (Fsp3) is 0.278. The summed E-state index contributed by atoms with van der Waals surface area (Å²) >= 11 is 0. The third-order valence-corrected chi connectivity index (χ3v) is 3.31. The number of carbonyl (C=O) groups excluding carboxylic acids is 1. The minimum Gasteiger partial charge on any atom is -0.489 e. The van der Waals surface area contributed by atoms with Gasteiger partial charge in [-0.05, 0) is 36.2 Å². The van der Waals surface area contributed by atoms with Gasteiger partial charge in [0.2, 0.25) is 5.91 Å². The Bertz CT molecular complexity index is 588. The maximum atomic E-state index is 11.8. The van der Waals surface area contributed by atoms with Crippen molar-refractivity contribution in [2.24, 2.45) is 5.73 Å². The van der Waals surface area contributed by atoms with E-state index in [9.17, 15) is 4.79 Å². The minimum atomic E-state index is -0.459. The second-order valence-electron chi connectivity index (χ2n) is 5.18. The van der Waals surface area contributed by atoms with Crippen LogP contribution in [0, 0.1) is 0 Å². The van der Waals surface area contributed by atoms with Gasteiger partial charge in [-0.1, -0.05) is 43.7 Å². The SMILES string of the molecule is CCCC(N)C(=O)Nc1ccc(OCc2ccccc2)cc1.Cl. The van der Waals surface area contributed by atoms with E-state index in [0.717, 1.165) is 23.4 Å². The van der Waals surface area contributed by atoms with E-state index in [1.54, 1.807) is 0 Å². The first-order valence-electron chi connectivity index (χ1n) is 7.52. The zero-order valence-corrected chi connectivity index (χ0v) is 14.0. The van der Waals surface area contributed by atoms with Crippen LogP contribution in [-0.2, 0) is 11.4 Å². The minimum absolute atomic E-state index is 0. The Hall–Kier alpha value is -2.04. The summed E-state index contributed by atoms with van der Waals surface area (Å²) in [4.78, 5) is 11.8. The highest BCUT2D eigenvalue weighted by atomic mass is 35.5. The highest BCUT2D eigenvalue weighted by Crippen LogP contribution is 2.17. The first-order valence-corrected chi connectivity index (χ1v) is 7.52. The van der Waals surface area contributed by atoms with Crippen molar-refractivity contribution in [3.8, 4) is 5.75 Å². The molecule has 5 heteroatoms. The van der Waals surface area contributed by atoms with Crippen LogP contribution in [0.3, 0.4) is 0 Å². The maximum Gasteiger partial charge on any atom is 0.241 e. The molecule has 3 N–H and O–H groups in total. The molecule has 1 unspecified atom stereocenters. The molecule has 0 aliphatic carbocycles. The van der Waals surface area contributed by atoms with Crippen LogP contribution in [0.2, 0.25) is 0 Å². The van der Waals surface area contributed by atoms with Gasteiger partial charge in [-0.2, -0.15) is 0 Å². The van der Waals surface area contributed by atoms with Crippen molar-refractivity contribution >= 4 is 24.0 Å². The lowest BCUT2D eigenvalue weighted by Crippen LogP contribution is -2.35. The molecule has 2 aromatic rings. The number of rotatable bonds is 7. The normalized spacial score (nSPS) is 11.2. The van der Waals surface area contributed by atoms with Gasteiger partial charge >= 0.3 is 0 Å². The van der Waals surface area contributed by atoms with Gasteiger partial charge in [0.05, 0.1) is 6.04 Å². The van der Waals surface area contributed by atoms with Gasteiger partial charge in [0.15, 0.2) is 0 Å². The number of anilines is 1. The van der Waals surface area contributed by atoms with E-state index in [1.165, 1.54) is 0 Å². The molecule has 0 radical (unpaired) electrons. The van der Waals surface area contributed by atoms with Crippen LogP contribution in [0.1, 0.15) is 25.3 Å². The zero-order chi connectivity index (χ0) is 15.8. The largest absolute Gasteiger partial charge is 0.489 e. The van der Waals surface area contributed by atoms with E-state index >= 15 is 0 Å². The van der Waals surface area contributed by atoms with Crippen molar-refractivity contribution in [1.82, 2.24) is 0 Å². The van der Waals surface area contributed by atoms with E-state index < -0.39 is 6.04 Å². The molecule has 0 bridgehead atoms. The Balaban J connectivity index is 0.00000264. The van der Waals surface area contributed by atoms with Gasteiger partial charge < -0.3 is 15.8 Å².